The van der Waals surface area contributed by atoms with Gasteiger partial charge in [0.25, 0.3) is 5.91 Å². The van der Waals surface area contributed by atoms with Crippen LogP contribution >= 0.6 is 0 Å². The van der Waals surface area contributed by atoms with Gasteiger partial charge < -0.3 is 9.64 Å². The SMILES string of the molecule is N#Cc1ccc(OCC(=O)N2CCCC2Cc2ccccc2)cc1. The van der Waals surface area contributed by atoms with Crippen LogP contribution in [-0.2, 0) is 11.2 Å². The van der Waals surface area contributed by atoms with E-state index in [2.05, 4.69) is 18.2 Å². The number of nitriles is 1. The second-order valence-electron chi connectivity index (χ2n) is 6.00. The van der Waals surface area contributed by atoms with Crippen LogP contribution in [-0.4, -0.2) is 30.0 Å². The van der Waals surface area contributed by atoms with Crippen LogP contribution in [0.25, 0.3) is 0 Å². The van der Waals surface area contributed by atoms with Gasteiger partial charge in [-0.15, -0.1) is 0 Å². The average molecular weight is 320 g/mol. The fraction of sp³-hybridized carbons (Fsp3) is 0.300. The lowest BCUT2D eigenvalue weighted by molar-refractivity contribution is -0.134. The molecule has 1 heterocycles. The average Bonchev–Trinajstić information content (AvgIpc) is 3.09. The summed E-state index contributed by atoms with van der Waals surface area (Å²) in [7, 11) is 0. The Bertz CT molecular complexity index is 720. The number of likely N-dealkylation sites (tertiary alicyclic amines) is 1. The molecule has 0 saturated carbocycles. The van der Waals surface area contributed by atoms with Gasteiger partial charge in [-0.25, -0.2) is 0 Å². The van der Waals surface area contributed by atoms with E-state index < -0.39 is 0 Å². The summed E-state index contributed by atoms with van der Waals surface area (Å²) in [6.07, 6.45) is 2.97. The van der Waals surface area contributed by atoms with Crippen molar-refractivity contribution in [3.8, 4) is 11.8 Å². The Balaban J connectivity index is 1.56. The molecule has 24 heavy (non-hydrogen) atoms. The van der Waals surface area contributed by atoms with Crippen LogP contribution < -0.4 is 4.74 Å². The number of hydrogen-bond donors (Lipinski definition) is 0. The van der Waals surface area contributed by atoms with E-state index in [1.807, 2.05) is 23.1 Å². The summed E-state index contributed by atoms with van der Waals surface area (Å²) in [5.74, 6) is 0.638. The fourth-order valence-electron chi connectivity index (χ4n) is 3.12. The molecule has 122 valence electrons. The summed E-state index contributed by atoms with van der Waals surface area (Å²) >= 11 is 0. The number of amides is 1. The van der Waals surface area contributed by atoms with E-state index >= 15 is 0 Å². The molecule has 3 rings (SSSR count). The van der Waals surface area contributed by atoms with E-state index in [9.17, 15) is 4.79 Å². The van der Waals surface area contributed by atoms with Crippen molar-refractivity contribution in [1.29, 1.82) is 5.26 Å². The largest absolute Gasteiger partial charge is 0.484 e. The fourth-order valence-corrected chi connectivity index (χ4v) is 3.12. The summed E-state index contributed by atoms with van der Waals surface area (Å²) in [6, 6.07) is 19.4. The van der Waals surface area contributed by atoms with Gasteiger partial charge >= 0.3 is 0 Å². The third-order valence-corrected chi connectivity index (χ3v) is 4.36. The zero-order chi connectivity index (χ0) is 16.8. The number of hydrogen-bond acceptors (Lipinski definition) is 3. The first kappa shape index (κ1) is 16.1. The van der Waals surface area contributed by atoms with E-state index in [0.717, 1.165) is 25.8 Å². The molecule has 1 atom stereocenters. The molecule has 2 aromatic rings. The summed E-state index contributed by atoms with van der Waals surface area (Å²) in [5, 5.41) is 8.79. The van der Waals surface area contributed by atoms with Crippen LogP contribution in [0.2, 0.25) is 0 Å². The Labute approximate surface area is 142 Å². The van der Waals surface area contributed by atoms with Gasteiger partial charge in [0.2, 0.25) is 0 Å². The maximum Gasteiger partial charge on any atom is 0.260 e. The maximum absolute atomic E-state index is 12.5. The number of carbonyl (C=O) groups excluding carboxylic acids is 1. The molecule has 0 N–H and O–H groups in total. The van der Waals surface area contributed by atoms with Crippen LogP contribution in [0.3, 0.4) is 0 Å². The Kier molecular flexibility index (Phi) is 5.12. The quantitative estimate of drug-likeness (QED) is 0.850. The zero-order valence-corrected chi connectivity index (χ0v) is 13.5. The summed E-state index contributed by atoms with van der Waals surface area (Å²) in [5.41, 5.74) is 1.84. The minimum Gasteiger partial charge on any atom is -0.484 e. The van der Waals surface area contributed by atoms with Gasteiger partial charge in [0.15, 0.2) is 6.61 Å². The molecule has 0 bridgehead atoms. The Morgan fingerprint density at radius 1 is 1.17 bits per heavy atom. The molecule has 2 aromatic carbocycles. The molecular weight excluding hydrogens is 300 g/mol. The Morgan fingerprint density at radius 3 is 2.62 bits per heavy atom. The van der Waals surface area contributed by atoms with Crippen molar-refractivity contribution in [1.82, 2.24) is 4.90 Å². The molecule has 0 spiro atoms. The summed E-state index contributed by atoms with van der Waals surface area (Å²) in [4.78, 5) is 14.4. The smallest absolute Gasteiger partial charge is 0.260 e. The highest BCUT2D eigenvalue weighted by Gasteiger charge is 2.28. The minimum absolute atomic E-state index is 0.0257. The van der Waals surface area contributed by atoms with Gasteiger partial charge in [-0.3, -0.25) is 4.79 Å². The van der Waals surface area contributed by atoms with Gasteiger partial charge in [-0.05, 0) is 49.1 Å². The second-order valence-corrected chi connectivity index (χ2v) is 6.00. The van der Waals surface area contributed by atoms with E-state index in [1.54, 1.807) is 24.3 Å². The van der Waals surface area contributed by atoms with E-state index in [-0.39, 0.29) is 18.6 Å². The standard InChI is InChI=1S/C20H20N2O2/c21-14-17-8-10-19(11-9-17)24-15-20(23)22-12-4-7-18(22)13-16-5-2-1-3-6-16/h1-3,5-6,8-11,18H,4,7,12-13,15H2. The zero-order valence-electron chi connectivity index (χ0n) is 13.5. The molecule has 0 aliphatic carbocycles. The summed E-state index contributed by atoms with van der Waals surface area (Å²) in [6.45, 7) is 0.838. The lowest BCUT2D eigenvalue weighted by Crippen LogP contribution is -2.39. The van der Waals surface area contributed by atoms with Crippen molar-refractivity contribution in [3.05, 3.63) is 65.7 Å². The lowest BCUT2D eigenvalue weighted by Gasteiger charge is -2.25. The molecule has 4 heteroatoms. The van der Waals surface area contributed by atoms with Crippen LogP contribution in [0.4, 0.5) is 0 Å². The second kappa shape index (κ2) is 7.65. The molecule has 0 radical (unpaired) electrons. The van der Waals surface area contributed by atoms with Crippen molar-refractivity contribution in [3.63, 3.8) is 0 Å². The predicted octanol–water partition coefficient (Wildman–Crippen LogP) is 3.17. The van der Waals surface area contributed by atoms with E-state index in [4.69, 9.17) is 10.00 Å². The highest BCUT2D eigenvalue weighted by molar-refractivity contribution is 5.78. The number of ether oxygens (including phenoxy) is 1. The van der Waals surface area contributed by atoms with Crippen molar-refractivity contribution in [2.45, 2.75) is 25.3 Å². The number of carbonyl (C=O) groups is 1. The van der Waals surface area contributed by atoms with Crippen molar-refractivity contribution in [2.24, 2.45) is 0 Å². The van der Waals surface area contributed by atoms with Crippen LogP contribution in [0.5, 0.6) is 5.75 Å². The highest BCUT2D eigenvalue weighted by Crippen LogP contribution is 2.21. The highest BCUT2D eigenvalue weighted by atomic mass is 16.5. The molecule has 1 amide bonds. The maximum atomic E-state index is 12.5. The van der Waals surface area contributed by atoms with Crippen molar-refractivity contribution >= 4 is 5.91 Å². The molecule has 1 unspecified atom stereocenters. The Hall–Kier alpha value is -2.80. The number of nitrogens with zero attached hydrogens (tertiary/aromatic N) is 2. The predicted molar refractivity (Wildman–Crippen MR) is 91.5 cm³/mol. The lowest BCUT2D eigenvalue weighted by atomic mass is 10.0. The van der Waals surface area contributed by atoms with Gasteiger partial charge in [-0.1, -0.05) is 30.3 Å². The minimum atomic E-state index is 0.0257. The topological polar surface area (TPSA) is 53.3 Å². The van der Waals surface area contributed by atoms with Crippen LogP contribution in [0, 0.1) is 11.3 Å². The monoisotopic (exact) mass is 320 g/mol. The van der Waals surface area contributed by atoms with Crippen LogP contribution in [0.1, 0.15) is 24.0 Å². The first-order chi connectivity index (χ1) is 11.8. The number of benzene rings is 2. The molecule has 1 saturated heterocycles. The third kappa shape index (κ3) is 3.94. The van der Waals surface area contributed by atoms with Crippen molar-refractivity contribution in [2.75, 3.05) is 13.2 Å². The van der Waals surface area contributed by atoms with Gasteiger partial charge in [0.1, 0.15) is 5.75 Å². The van der Waals surface area contributed by atoms with Gasteiger partial charge in [0, 0.05) is 12.6 Å². The first-order valence-electron chi connectivity index (χ1n) is 8.22. The van der Waals surface area contributed by atoms with Crippen LogP contribution in [0.15, 0.2) is 54.6 Å². The molecule has 4 nitrogen and oxygen atoms in total. The van der Waals surface area contributed by atoms with Crippen molar-refractivity contribution < 1.29 is 9.53 Å². The third-order valence-electron chi connectivity index (χ3n) is 4.36. The van der Waals surface area contributed by atoms with Gasteiger partial charge in [-0.2, -0.15) is 5.26 Å². The number of rotatable bonds is 5. The molecule has 1 fully saturated rings. The molecular formula is C20H20N2O2. The molecule has 1 aliphatic heterocycles. The van der Waals surface area contributed by atoms with E-state index in [1.165, 1.54) is 5.56 Å². The Morgan fingerprint density at radius 2 is 1.92 bits per heavy atom. The first-order valence-corrected chi connectivity index (χ1v) is 8.22. The van der Waals surface area contributed by atoms with Gasteiger partial charge in [0.05, 0.1) is 11.6 Å². The molecule has 0 aromatic heterocycles. The normalized spacial score (nSPS) is 16.6. The van der Waals surface area contributed by atoms with E-state index in [0.29, 0.717) is 11.3 Å². The summed E-state index contributed by atoms with van der Waals surface area (Å²) < 4.78 is 5.58. The molecule has 1 aliphatic rings.